The molecule has 0 fully saturated rings. The van der Waals surface area contributed by atoms with Gasteiger partial charge in [0.15, 0.2) is 12.3 Å². The van der Waals surface area contributed by atoms with E-state index in [4.69, 9.17) is 13.9 Å². The maximum absolute atomic E-state index is 12.4. The second-order valence-corrected chi connectivity index (χ2v) is 7.62. The van der Waals surface area contributed by atoms with Crippen LogP contribution in [0.5, 0.6) is 0 Å². The number of anilines is 1. The average molecular weight is 428 g/mol. The van der Waals surface area contributed by atoms with Crippen LogP contribution in [0.4, 0.5) is 5.00 Å². The Labute approximate surface area is 176 Å². The number of carbonyl (C=O) groups is 3. The minimum atomic E-state index is -0.777. The van der Waals surface area contributed by atoms with Crippen molar-refractivity contribution < 1.29 is 28.3 Å². The van der Waals surface area contributed by atoms with Crippen molar-refractivity contribution in [2.45, 2.75) is 20.8 Å². The number of methoxy groups -OCH3 is 1. The largest absolute Gasteiger partial charge is 0.465 e. The molecular formula is C21H20N2O6S. The molecule has 0 radical (unpaired) electrons. The smallest absolute Gasteiger partial charge is 0.361 e. The fourth-order valence-corrected chi connectivity index (χ4v) is 3.78. The Kier molecular flexibility index (Phi) is 6.31. The van der Waals surface area contributed by atoms with Crippen LogP contribution >= 0.6 is 11.3 Å². The fraction of sp³-hybridized carbons (Fsp3) is 0.238. The normalized spacial score (nSPS) is 10.5. The van der Waals surface area contributed by atoms with Gasteiger partial charge in [-0.1, -0.05) is 18.2 Å². The Morgan fingerprint density at radius 2 is 1.80 bits per heavy atom. The molecule has 0 saturated carbocycles. The number of thiophene rings is 1. The first-order valence-corrected chi connectivity index (χ1v) is 9.81. The molecule has 2 heterocycles. The van der Waals surface area contributed by atoms with Gasteiger partial charge in [-0.15, -0.1) is 11.3 Å². The van der Waals surface area contributed by atoms with Crippen LogP contribution in [-0.2, 0) is 14.3 Å². The summed E-state index contributed by atoms with van der Waals surface area (Å²) in [5, 5.41) is 2.95. The topological polar surface area (TPSA) is 108 Å². The summed E-state index contributed by atoms with van der Waals surface area (Å²) in [6.45, 7) is 4.66. The first-order valence-electron chi connectivity index (χ1n) is 9.00. The first-order chi connectivity index (χ1) is 14.3. The van der Waals surface area contributed by atoms with Gasteiger partial charge in [0.25, 0.3) is 5.91 Å². The van der Waals surface area contributed by atoms with Crippen molar-refractivity contribution in [1.29, 1.82) is 0 Å². The Balaban J connectivity index is 1.66. The molecule has 0 spiro atoms. The molecule has 9 heteroatoms. The van der Waals surface area contributed by atoms with Gasteiger partial charge in [-0.3, -0.25) is 4.79 Å². The summed E-state index contributed by atoms with van der Waals surface area (Å²) in [4.78, 5) is 41.6. The molecule has 0 aliphatic rings. The van der Waals surface area contributed by atoms with Crippen LogP contribution in [-0.4, -0.2) is 36.5 Å². The summed E-state index contributed by atoms with van der Waals surface area (Å²) in [5.41, 5.74) is 1.74. The van der Waals surface area contributed by atoms with Crippen LogP contribution in [0.25, 0.3) is 11.5 Å². The third-order valence-electron chi connectivity index (χ3n) is 4.37. The third-order valence-corrected chi connectivity index (χ3v) is 5.50. The molecule has 30 heavy (non-hydrogen) atoms. The number of rotatable bonds is 6. The van der Waals surface area contributed by atoms with Crippen molar-refractivity contribution in [1.82, 2.24) is 4.98 Å². The maximum Gasteiger partial charge on any atom is 0.361 e. The number of aromatic nitrogens is 1. The summed E-state index contributed by atoms with van der Waals surface area (Å²) >= 11 is 1.25. The lowest BCUT2D eigenvalue weighted by atomic mass is 10.1. The van der Waals surface area contributed by atoms with Gasteiger partial charge >= 0.3 is 11.9 Å². The summed E-state index contributed by atoms with van der Waals surface area (Å²) < 4.78 is 15.4. The number of benzene rings is 1. The maximum atomic E-state index is 12.4. The van der Waals surface area contributed by atoms with Crippen molar-refractivity contribution in [3.8, 4) is 11.5 Å². The molecule has 2 aromatic heterocycles. The van der Waals surface area contributed by atoms with Crippen LogP contribution in [0.1, 0.15) is 37.0 Å². The van der Waals surface area contributed by atoms with Gasteiger partial charge in [-0.2, -0.15) is 0 Å². The van der Waals surface area contributed by atoms with Crippen LogP contribution in [0.15, 0.2) is 34.7 Å². The van der Waals surface area contributed by atoms with Crippen molar-refractivity contribution in [3.05, 3.63) is 57.8 Å². The number of hydrogen-bond donors (Lipinski definition) is 1. The number of esters is 2. The fourth-order valence-electron chi connectivity index (χ4n) is 2.72. The summed E-state index contributed by atoms with van der Waals surface area (Å²) in [6.07, 6.45) is 0. The highest BCUT2D eigenvalue weighted by atomic mass is 32.1. The SMILES string of the molecule is COC(=O)c1c(NC(=O)COC(=O)c2nc(-c3ccccc3)oc2C)sc(C)c1C. The van der Waals surface area contributed by atoms with Crippen molar-refractivity contribution in [3.63, 3.8) is 0 Å². The summed E-state index contributed by atoms with van der Waals surface area (Å²) in [5.74, 6) is -1.33. The number of nitrogens with one attached hydrogen (secondary N) is 1. The van der Waals surface area contributed by atoms with E-state index in [0.717, 1.165) is 16.0 Å². The van der Waals surface area contributed by atoms with E-state index in [1.54, 1.807) is 26.0 Å². The van der Waals surface area contributed by atoms with E-state index in [1.165, 1.54) is 18.4 Å². The Bertz CT molecular complexity index is 1100. The highest BCUT2D eigenvalue weighted by molar-refractivity contribution is 7.16. The molecule has 0 unspecified atom stereocenters. The summed E-state index contributed by atoms with van der Waals surface area (Å²) in [6, 6.07) is 9.12. The van der Waals surface area contributed by atoms with E-state index in [-0.39, 0.29) is 17.3 Å². The molecule has 1 aromatic carbocycles. The zero-order chi connectivity index (χ0) is 21.8. The lowest BCUT2D eigenvalue weighted by Gasteiger charge is -2.06. The number of hydrogen-bond acceptors (Lipinski definition) is 8. The number of aryl methyl sites for hydroxylation is 2. The lowest BCUT2D eigenvalue weighted by Crippen LogP contribution is -2.22. The Morgan fingerprint density at radius 3 is 2.47 bits per heavy atom. The van der Waals surface area contributed by atoms with Gasteiger partial charge in [0, 0.05) is 10.4 Å². The molecular weight excluding hydrogens is 408 g/mol. The molecule has 0 aliphatic heterocycles. The van der Waals surface area contributed by atoms with Gasteiger partial charge in [-0.25, -0.2) is 14.6 Å². The quantitative estimate of drug-likeness (QED) is 0.593. The van der Waals surface area contributed by atoms with Gasteiger partial charge in [0.05, 0.1) is 12.7 Å². The number of carbonyl (C=O) groups excluding carboxylic acids is 3. The molecule has 0 bridgehead atoms. The van der Waals surface area contributed by atoms with Crippen molar-refractivity contribution >= 4 is 34.2 Å². The lowest BCUT2D eigenvalue weighted by molar-refractivity contribution is -0.119. The number of oxazole rings is 1. The predicted octanol–water partition coefficient (Wildman–Crippen LogP) is 3.91. The zero-order valence-corrected chi connectivity index (χ0v) is 17.7. The average Bonchev–Trinajstić information content (AvgIpc) is 3.26. The monoisotopic (exact) mass is 428 g/mol. The zero-order valence-electron chi connectivity index (χ0n) is 16.9. The van der Waals surface area contributed by atoms with Crippen LogP contribution in [0.2, 0.25) is 0 Å². The second-order valence-electron chi connectivity index (χ2n) is 6.39. The van der Waals surface area contributed by atoms with E-state index < -0.39 is 24.5 Å². The van der Waals surface area contributed by atoms with Gasteiger partial charge in [-0.05, 0) is 38.5 Å². The number of ether oxygens (including phenoxy) is 2. The molecule has 3 aromatic rings. The Morgan fingerprint density at radius 1 is 1.10 bits per heavy atom. The second kappa shape index (κ2) is 8.91. The highest BCUT2D eigenvalue weighted by Crippen LogP contribution is 2.33. The van der Waals surface area contributed by atoms with E-state index in [0.29, 0.717) is 10.6 Å². The molecule has 1 amide bonds. The molecule has 0 atom stereocenters. The van der Waals surface area contributed by atoms with Crippen molar-refractivity contribution in [2.24, 2.45) is 0 Å². The van der Waals surface area contributed by atoms with Crippen LogP contribution in [0.3, 0.4) is 0 Å². The predicted molar refractivity (Wildman–Crippen MR) is 111 cm³/mol. The van der Waals surface area contributed by atoms with Gasteiger partial charge in [0.2, 0.25) is 5.89 Å². The molecule has 0 saturated heterocycles. The van der Waals surface area contributed by atoms with Crippen LogP contribution in [0, 0.1) is 20.8 Å². The third kappa shape index (κ3) is 4.41. The van der Waals surface area contributed by atoms with E-state index in [1.807, 2.05) is 25.1 Å². The van der Waals surface area contributed by atoms with E-state index in [9.17, 15) is 14.4 Å². The molecule has 1 N–H and O–H groups in total. The number of nitrogens with zero attached hydrogens (tertiary/aromatic N) is 1. The summed E-state index contributed by atoms with van der Waals surface area (Å²) in [7, 11) is 1.27. The van der Waals surface area contributed by atoms with Crippen LogP contribution < -0.4 is 5.32 Å². The molecule has 3 rings (SSSR count). The standard InChI is InChI=1S/C21H20N2O6S/c1-11-13(3)30-19(16(11)20(25)27-4)22-15(24)10-28-21(26)17-12(2)29-18(23-17)14-8-6-5-7-9-14/h5-9H,10H2,1-4H3,(H,22,24). The highest BCUT2D eigenvalue weighted by Gasteiger charge is 2.23. The number of amides is 1. The minimum absolute atomic E-state index is 0.000264. The molecule has 156 valence electrons. The van der Waals surface area contributed by atoms with Gasteiger partial charge < -0.3 is 19.2 Å². The van der Waals surface area contributed by atoms with E-state index >= 15 is 0 Å². The molecule has 8 nitrogen and oxygen atoms in total. The van der Waals surface area contributed by atoms with Gasteiger partial charge in [0.1, 0.15) is 10.8 Å². The Hall–Kier alpha value is -3.46. The molecule has 0 aliphatic carbocycles. The van der Waals surface area contributed by atoms with Crippen molar-refractivity contribution in [2.75, 3.05) is 19.0 Å². The minimum Gasteiger partial charge on any atom is -0.465 e. The first kappa shape index (κ1) is 21.3. The van der Waals surface area contributed by atoms with E-state index in [2.05, 4.69) is 10.3 Å².